The summed E-state index contributed by atoms with van der Waals surface area (Å²) in [6.45, 7) is 3.06. The molecule has 6 heteroatoms. The number of carbonyl (C=O) groups excluding carboxylic acids is 1. The van der Waals surface area contributed by atoms with Crippen LogP contribution in [0.1, 0.15) is 29.8 Å². The van der Waals surface area contributed by atoms with E-state index in [1.165, 1.54) is 19.1 Å². The van der Waals surface area contributed by atoms with Crippen molar-refractivity contribution in [1.29, 1.82) is 0 Å². The Morgan fingerprint density at radius 3 is 2.81 bits per heavy atom. The quantitative estimate of drug-likeness (QED) is 0.828. The van der Waals surface area contributed by atoms with Gasteiger partial charge in [0.1, 0.15) is 11.4 Å². The van der Waals surface area contributed by atoms with Crippen LogP contribution in [0.3, 0.4) is 0 Å². The molecule has 0 aliphatic heterocycles. The molecule has 0 bridgehead atoms. The molecule has 1 aromatic heterocycles. The highest BCUT2D eigenvalue weighted by atomic mass is 19.1. The SMILES string of the molecule is CC(=O)c1c(F)cccc1NCC(C)(O)c1cnn(C)c1. The van der Waals surface area contributed by atoms with E-state index < -0.39 is 11.4 Å². The van der Waals surface area contributed by atoms with Crippen molar-refractivity contribution in [2.24, 2.45) is 7.05 Å². The molecule has 1 aromatic carbocycles. The van der Waals surface area contributed by atoms with Gasteiger partial charge in [0.25, 0.3) is 0 Å². The molecular weight excluding hydrogens is 273 g/mol. The number of anilines is 1. The Labute approximate surface area is 122 Å². The van der Waals surface area contributed by atoms with Gasteiger partial charge in [-0.25, -0.2) is 4.39 Å². The first-order valence-corrected chi connectivity index (χ1v) is 6.56. The van der Waals surface area contributed by atoms with E-state index in [4.69, 9.17) is 0 Å². The number of aryl methyl sites for hydroxylation is 1. The zero-order valence-corrected chi connectivity index (χ0v) is 12.2. The van der Waals surface area contributed by atoms with Crippen molar-refractivity contribution in [2.75, 3.05) is 11.9 Å². The summed E-state index contributed by atoms with van der Waals surface area (Å²) in [6.07, 6.45) is 3.28. The van der Waals surface area contributed by atoms with Gasteiger partial charge in [-0.1, -0.05) is 6.07 Å². The first-order valence-electron chi connectivity index (χ1n) is 6.56. The van der Waals surface area contributed by atoms with Crippen LogP contribution in [0.5, 0.6) is 0 Å². The monoisotopic (exact) mass is 291 g/mol. The van der Waals surface area contributed by atoms with Crippen LogP contribution in [-0.2, 0) is 12.6 Å². The predicted molar refractivity (Wildman–Crippen MR) is 77.7 cm³/mol. The van der Waals surface area contributed by atoms with E-state index in [1.54, 1.807) is 37.1 Å². The van der Waals surface area contributed by atoms with Crippen LogP contribution in [0, 0.1) is 5.82 Å². The van der Waals surface area contributed by atoms with Gasteiger partial charge in [0.2, 0.25) is 0 Å². The summed E-state index contributed by atoms with van der Waals surface area (Å²) in [4.78, 5) is 11.5. The largest absolute Gasteiger partial charge is 0.383 e. The second-order valence-electron chi connectivity index (χ2n) is 5.25. The minimum absolute atomic E-state index is 0.000475. The number of ketones is 1. The summed E-state index contributed by atoms with van der Waals surface area (Å²) < 4.78 is 15.3. The summed E-state index contributed by atoms with van der Waals surface area (Å²) >= 11 is 0. The lowest BCUT2D eigenvalue weighted by atomic mass is 9.99. The maximum atomic E-state index is 13.7. The molecule has 1 heterocycles. The van der Waals surface area contributed by atoms with Gasteiger partial charge in [0.15, 0.2) is 5.78 Å². The average Bonchev–Trinajstić information content (AvgIpc) is 2.83. The van der Waals surface area contributed by atoms with Crippen LogP contribution in [0.2, 0.25) is 0 Å². The highest BCUT2D eigenvalue weighted by Crippen LogP contribution is 2.24. The molecule has 0 spiro atoms. The minimum atomic E-state index is -1.19. The number of halogens is 1. The molecule has 5 nitrogen and oxygen atoms in total. The lowest BCUT2D eigenvalue weighted by Crippen LogP contribution is -2.30. The van der Waals surface area contributed by atoms with E-state index in [-0.39, 0.29) is 17.9 Å². The summed E-state index contributed by atoms with van der Waals surface area (Å²) in [7, 11) is 1.76. The molecule has 0 aliphatic rings. The smallest absolute Gasteiger partial charge is 0.164 e. The van der Waals surface area contributed by atoms with Gasteiger partial charge in [-0.15, -0.1) is 0 Å². The molecule has 0 radical (unpaired) electrons. The van der Waals surface area contributed by atoms with Crippen molar-refractivity contribution in [3.05, 3.63) is 47.5 Å². The van der Waals surface area contributed by atoms with E-state index in [2.05, 4.69) is 10.4 Å². The zero-order chi connectivity index (χ0) is 15.6. The standard InChI is InChI=1S/C15H18FN3O2/c1-10(20)14-12(16)5-4-6-13(14)17-9-15(2,21)11-7-18-19(3)8-11/h4-8,17,21H,9H2,1-3H3. The Morgan fingerprint density at radius 1 is 1.52 bits per heavy atom. The fourth-order valence-corrected chi connectivity index (χ4v) is 2.10. The van der Waals surface area contributed by atoms with Gasteiger partial charge < -0.3 is 10.4 Å². The molecule has 2 N–H and O–H groups in total. The number of nitrogens with one attached hydrogen (secondary N) is 1. The number of aromatic nitrogens is 2. The fraction of sp³-hybridized carbons (Fsp3) is 0.333. The number of Topliss-reactive ketones (excluding diaryl/α,β-unsaturated/α-hetero) is 1. The molecule has 0 saturated heterocycles. The average molecular weight is 291 g/mol. The number of hydrogen-bond acceptors (Lipinski definition) is 4. The van der Waals surface area contributed by atoms with Crippen molar-refractivity contribution in [1.82, 2.24) is 9.78 Å². The van der Waals surface area contributed by atoms with Gasteiger partial charge in [0.05, 0.1) is 11.8 Å². The zero-order valence-electron chi connectivity index (χ0n) is 12.2. The number of nitrogens with zero attached hydrogens (tertiary/aromatic N) is 2. The van der Waals surface area contributed by atoms with Crippen LogP contribution in [0.15, 0.2) is 30.6 Å². The van der Waals surface area contributed by atoms with Gasteiger partial charge in [0, 0.05) is 31.0 Å². The van der Waals surface area contributed by atoms with Crippen LogP contribution < -0.4 is 5.32 Å². The third-order valence-corrected chi connectivity index (χ3v) is 3.32. The van der Waals surface area contributed by atoms with E-state index in [0.717, 1.165) is 0 Å². The minimum Gasteiger partial charge on any atom is -0.383 e. The molecule has 1 unspecified atom stereocenters. The number of aliphatic hydroxyl groups is 1. The maximum absolute atomic E-state index is 13.7. The molecule has 2 rings (SSSR count). The first kappa shape index (κ1) is 15.2. The third-order valence-electron chi connectivity index (χ3n) is 3.32. The summed E-state index contributed by atoms with van der Waals surface area (Å²) in [5.74, 6) is -0.940. The van der Waals surface area contributed by atoms with Crippen molar-refractivity contribution >= 4 is 11.5 Å². The van der Waals surface area contributed by atoms with Crippen molar-refractivity contribution in [3.63, 3.8) is 0 Å². The van der Waals surface area contributed by atoms with E-state index in [1.807, 2.05) is 0 Å². The fourth-order valence-electron chi connectivity index (χ4n) is 2.10. The van der Waals surface area contributed by atoms with Gasteiger partial charge in [-0.2, -0.15) is 5.10 Å². The second kappa shape index (κ2) is 5.65. The number of carbonyl (C=O) groups is 1. The van der Waals surface area contributed by atoms with E-state index in [0.29, 0.717) is 11.3 Å². The molecule has 0 fully saturated rings. The predicted octanol–water partition coefficient (Wildman–Crippen LogP) is 2.08. The van der Waals surface area contributed by atoms with Crippen LogP contribution in [-0.4, -0.2) is 27.2 Å². The normalized spacial score (nSPS) is 13.8. The number of hydrogen-bond donors (Lipinski definition) is 2. The number of benzene rings is 1. The first-order chi connectivity index (χ1) is 9.81. The van der Waals surface area contributed by atoms with Crippen molar-refractivity contribution < 1.29 is 14.3 Å². The summed E-state index contributed by atoms with van der Waals surface area (Å²) in [5.41, 5.74) is -0.182. The highest BCUT2D eigenvalue weighted by Gasteiger charge is 2.25. The molecule has 0 amide bonds. The Kier molecular flexibility index (Phi) is 4.09. The lowest BCUT2D eigenvalue weighted by Gasteiger charge is -2.23. The maximum Gasteiger partial charge on any atom is 0.164 e. The van der Waals surface area contributed by atoms with Gasteiger partial charge in [-0.3, -0.25) is 9.48 Å². The van der Waals surface area contributed by atoms with E-state index >= 15 is 0 Å². The molecule has 112 valence electrons. The Morgan fingerprint density at radius 2 is 2.24 bits per heavy atom. The van der Waals surface area contributed by atoms with Crippen LogP contribution in [0.25, 0.3) is 0 Å². The highest BCUT2D eigenvalue weighted by molar-refractivity contribution is 5.99. The molecule has 2 aromatic rings. The Balaban J connectivity index is 2.20. The topological polar surface area (TPSA) is 67.2 Å². The second-order valence-corrected chi connectivity index (χ2v) is 5.25. The Bertz CT molecular complexity index is 665. The van der Waals surface area contributed by atoms with Crippen molar-refractivity contribution in [3.8, 4) is 0 Å². The summed E-state index contributed by atoms with van der Waals surface area (Å²) in [5, 5.41) is 17.4. The van der Waals surface area contributed by atoms with Gasteiger partial charge in [-0.05, 0) is 26.0 Å². The lowest BCUT2D eigenvalue weighted by molar-refractivity contribution is 0.0713. The molecule has 0 aliphatic carbocycles. The van der Waals surface area contributed by atoms with Crippen LogP contribution in [0.4, 0.5) is 10.1 Å². The van der Waals surface area contributed by atoms with Gasteiger partial charge >= 0.3 is 0 Å². The third kappa shape index (κ3) is 3.28. The molecular formula is C15H18FN3O2. The van der Waals surface area contributed by atoms with Crippen LogP contribution >= 0.6 is 0 Å². The van der Waals surface area contributed by atoms with E-state index in [9.17, 15) is 14.3 Å². The summed E-state index contributed by atoms with van der Waals surface area (Å²) in [6, 6.07) is 4.36. The number of rotatable bonds is 5. The molecule has 0 saturated carbocycles. The Hall–Kier alpha value is -2.21. The molecule has 1 atom stereocenters. The van der Waals surface area contributed by atoms with Crippen molar-refractivity contribution in [2.45, 2.75) is 19.4 Å². The molecule has 21 heavy (non-hydrogen) atoms.